The van der Waals surface area contributed by atoms with Crippen LogP contribution in [0.4, 0.5) is 0 Å². The number of rotatable bonds is 2. The van der Waals surface area contributed by atoms with E-state index in [1.165, 1.54) is 11.1 Å². The van der Waals surface area contributed by atoms with Crippen molar-refractivity contribution in [2.45, 2.75) is 11.5 Å². The van der Waals surface area contributed by atoms with Crippen LogP contribution in [-0.2, 0) is 0 Å². The predicted molar refractivity (Wildman–Crippen MR) is 94.1 cm³/mol. The topological polar surface area (TPSA) is 6.48 Å². The van der Waals surface area contributed by atoms with Gasteiger partial charge >= 0.3 is 0 Å². The molecule has 1 fully saturated rings. The van der Waals surface area contributed by atoms with Gasteiger partial charge in [0, 0.05) is 7.05 Å². The third-order valence-electron chi connectivity index (χ3n) is 3.81. The van der Waals surface area contributed by atoms with Crippen LogP contribution in [0.3, 0.4) is 0 Å². The van der Waals surface area contributed by atoms with Crippen molar-refractivity contribution in [1.82, 2.24) is 9.80 Å². The molecular formula is C17H18N2S2. The molecule has 0 radical (unpaired) electrons. The van der Waals surface area contributed by atoms with Crippen molar-refractivity contribution in [2.24, 2.45) is 0 Å². The molecule has 21 heavy (non-hydrogen) atoms. The van der Waals surface area contributed by atoms with Gasteiger partial charge in [-0.25, -0.2) is 0 Å². The molecule has 0 amide bonds. The van der Waals surface area contributed by atoms with Gasteiger partial charge < -0.3 is 4.90 Å². The number of thiocarbonyl (C=S) groups is 1. The molecule has 0 bridgehead atoms. The van der Waals surface area contributed by atoms with E-state index < -0.39 is 0 Å². The Bertz CT molecular complexity index is 615. The van der Waals surface area contributed by atoms with Crippen LogP contribution in [-0.4, -0.2) is 28.2 Å². The summed E-state index contributed by atoms with van der Waals surface area (Å²) in [6.07, 6.45) is 0.171. The number of nitrogens with zero attached hydrogens (tertiary/aromatic N) is 2. The highest BCUT2D eigenvalue weighted by atomic mass is 32.2. The van der Waals surface area contributed by atoms with Crippen LogP contribution in [0, 0.1) is 0 Å². The molecule has 108 valence electrons. The Balaban J connectivity index is 1.98. The van der Waals surface area contributed by atoms with Crippen LogP contribution in [0.2, 0.25) is 0 Å². The van der Waals surface area contributed by atoms with Crippen molar-refractivity contribution in [3.05, 3.63) is 71.8 Å². The van der Waals surface area contributed by atoms with Gasteiger partial charge in [0.15, 0.2) is 0 Å². The minimum Gasteiger partial charge on any atom is -0.341 e. The first-order chi connectivity index (χ1) is 10.2. The maximum absolute atomic E-state index is 5.60. The lowest BCUT2D eigenvalue weighted by atomic mass is 10.1. The lowest BCUT2D eigenvalue weighted by Gasteiger charge is -2.46. The molecular weight excluding hydrogens is 296 g/mol. The molecule has 2 atom stereocenters. The zero-order valence-corrected chi connectivity index (χ0v) is 13.8. The van der Waals surface area contributed by atoms with Gasteiger partial charge in [-0.15, -0.1) is 0 Å². The van der Waals surface area contributed by atoms with Crippen molar-refractivity contribution in [3.63, 3.8) is 0 Å². The van der Waals surface area contributed by atoms with Gasteiger partial charge in [-0.05, 0) is 18.2 Å². The first-order valence-corrected chi connectivity index (χ1v) is 8.22. The Morgan fingerprint density at radius 3 is 1.95 bits per heavy atom. The molecule has 0 aliphatic carbocycles. The van der Waals surface area contributed by atoms with E-state index in [0.29, 0.717) is 0 Å². The Labute approximate surface area is 135 Å². The van der Waals surface area contributed by atoms with Crippen molar-refractivity contribution < 1.29 is 0 Å². The number of hydrogen-bond donors (Lipinski definition) is 0. The fraction of sp³-hybridized carbons (Fsp3) is 0.235. The van der Waals surface area contributed by atoms with Gasteiger partial charge in [0.2, 0.25) is 0 Å². The van der Waals surface area contributed by atoms with E-state index in [4.69, 9.17) is 12.2 Å². The monoisotopic (exact) mass is 314 g/mol. The normalized spacial score (nSPS) is 23.3. The van der Waals surface area contributed by atoms with E-state index in [9.17, 15) is 0 Å². The summed E-state index contributed by atoms with van der Waals surface area (Å²) in [6, 6.07) is 21.1. The summed E-state index contributed by atoms with van der Waals surface area (Å²) < 4.78 is 0.941. The third-order valence-corrected chi connectivity index (χ3v) is 5.70. The van der Waals surface area contributed by atoms with E-state index in [2.05, 4.69) is 78.5 Å². The average molecular weight is 314 g/mol. The maximum atomic E-state index is 5.60. The Hall–Kier alpha value is -1.36. The summed E-state index contributed by atoms with van der Waals surface area (Å²) in [6.45, 7) is 0. The molecule has 0 spiro atoms. The molecule has 1 aliphatic heterocycles. The van der Waals surface area contributed by atoms with Crippen LogP contribution >= 0.6 is 24.0 Å². The van der Waals surface area contributed by atoms with Crippen molar-refractivity contribution in [3.8, 4) is 0 Å². The van der Waals surface area contributed by atoms with Crippen molar-refractivity contribution >= 4 is 28.3 Å². The summed E-state index contributed by atoms with van der Waals surface area (Å²) >= 11 is 7.34. The fourth-order valence-electron chi connectivity index (χ4n) is 2.77. The highest BCUT2D eigenvalue weighted by Gasteiger charge is 2.36. The molecule has 4 heteroatoms. The Morgan fingerprint density at radius 2 is 1.38 bits per heavy atom. The fourth-order valence-corrected chi connectivity index (χ4v) is 4.17. The minimum atomic E-state index is 0.171. The number of benzene rings is 2. The van der Waals surface area contributed by atoms with Crippen LogP contribution in [0.1, 0.15) is 22.7 Å². The molecule has 3 rings (SSSR count). The molecule has 0 saturated carbocycles. The van der Waals surface area contributed by atoms with Crippen LogP contribution in [0.5, 0.6) is 0 Å². The molecule has 2 aromatic rings. The zero-order valence-electron chi connectivity index (χ0n) is 12.1. The van der Waals surface area contributed by atoms with E-state index in [-0.39, 0.29) is 11.5 Å². The van der Waals surface area contributed by atoms with Gasteiger partial charge in [-0.1, -0.05) is 84.6 Å². The first-order valence-electron chi connectivity index (χ1n) is 6.94. The van der Waals surface area contributed by atoms with Gasteiger partial charge in [-0.3, -0.25) is 4.90 Å². The van der Waals surface area contributed by atoms with Gasteiger partial charge in [-0.2, -0.15) is 0 Å². The van der Waals surface area contributed by atoms with Gasteiger partial charge in [0.25, 0.3) is 0 Å². The lowest BCUT2D eigenvalue weighted by molar-refractivity contribution is 0.122. The van der Waals surface area contributed by atoms with Crippen LogP contribution in [0.15, 0.2) is 60.7 Å². The minimum absolute atomic E-state index is 0.171. The van der Waals surface area contributed by atoms with Gasteiger partial charge in [0.1, 0.15) is 10.5 Å². The highest BCUT2D eigenvalue weighted by Crippen LogP contribution is 2.44. The zero-order chi connectivity index (χ0) is 14.8. The molecule has 1 aliphatic rings. The molecule has 0 unspecified atom stereocenters. The summed E-state index contributed by atoms with van der Waals surface area (Å²) in [5.74, 6) is 0. The molecule has 0 aromatic heterocycles. The average Bonchev–Trinajstić information content (AvgIpc) is 2.53. The van der Waals surface area contributed by atoms with Crippen molar-refractivity contribution in [2.75, 3.05) is 14.1 Å². The quantitative estimate of drug-likeness (QED) is 0.763. The molecule has 0 N–H and O–H groups in total. The second kappa shape index (κ2) is 6.18. The van der Waals surface area contributed by atoms with Gasteiger partial charge in [0.05, 0.1) is 5.37 Å². The largest absolute Gasteiger partial charge is 0.341 e. The van der Waals surface area contributed by atoms with Crippen LogP contribution in [0.25, 0.3) is 0 Å². The molecule has 1 heterocycles. The number of hydrogen-bond acceptors (Lipinski definition) is 3. The third kappa shape index (κ3) is 2.84. The SMILES string of the molecule is CN1C(=S)S[C@H](c2ccccc2)N(C)[C@@H]1c1ccccc1. The molecule has 2 nitrogen and oxygen atoms in total. The predicted octanol–water partition coefficient (Wildman–Crippen LogP) is 4.28. The second-order valence-corrected chi connectivity index (χ2v) is 6.92. The van der Waals surface area contributed by atoms with Crippen molar-refractivity contribution in [1.29, 1.82) is 0 Å². The Kier molecular flexibility index (Phi) is 4.29. The summed E-state index contributed by atoms with van der Waals surface area (Å²) in [5, 5.41) is 0.250. The van der Waals surface area contributed by atoms with E-state index in [0.717, 1.165) is 4.32 Å². The van der Waals surface area contributed by atoms with E-state index in [1.807, 2.05) is 6.07 Å². The number of thioether (sulfide) groups is 1. The summed E-state index contributed by atoms with van der Waals surface area (Å²) in [4.78, 5) is 4.56. The molecule has 2 aromatic carbocycles. The standard InChI is InChI=1S/C17H18N2S2/c1-18-15(13-9-5-3-6-10-13)19(2)17(20)21-16(18)14-11-7-4-8-12-14/h3-12,15-16H,1-2H3/t15-,16+/m0/s1. The van der Waals surface area contributed by atoms with E-state index >= 15 is 0 Å². The highest BCUT2D eigenvalue weighted by molar-refractivity contribution is 8.23. The lowest BCUT2D eigenvalue weighted by Crippen LogP contribution is -2.45. The first kappa shape index (κ1) is 14.6. The van der Waals surface area contributed by atoms with E-state index in [1.54, 1.807) is 11.8 Å². The summed E-state index contributed by atoms with van der Waals surface area (Å²) in [7, 11) is 4.24. The Morgan fingerprint density at radius 1 is 0.857 bits per heavy atom. The van der Waals surface area contributed by atoms with Crippen LogP contribution < -0.4 is 0 Å². The smallest absolute Gasteiger partial charge is 0.139 e. The molecule has 1 saturated heterocycles. The maximum Gasteiger partial charge on any atom is 0.139 e. The second-order valence-electron chi connectivity index (χ2n) is 5.21. The summed E-state index contributed by atoms with van der Waals surface area (Å²) in [5.41, 5.74) is 2.56.